The van der Waals surface area contributed by atoms with Crippen molar-refractivity contribution in [2.45, 2.75) is 18.9 Å². The van der Waals surface area contributed by atoms with Gasteiger partial charge in [0.05, 0.1) is 5.69 Å². The Morgan fingerprint density at radius 3 is 2.60 bits per heavy atom. The molecule has 1 fully saturated rings. The SMILES string of the molecule is Cc1cc(C)c2c(n1)SCCN2C(=O)Nc1cccc(C(=O)N2CCN(C)CC2)c1. The molecule has 0 aliphatic carbocycles. The number of amides is 3. The molecule has 2 aliphatic heterocycles. The van der Waals surface area contributed by atoms with Crippen molar-refractivity contribution in [2.24, 2.45) is 0 Å². The maximum Gasteiger partial charge on any atom is 0.326 e. The lowest BCUT2D eigenvalue weighted by molar-refractivity contribution is 0.0664. The molecule has 1 saturated heterocycles. The van der Waals surface area contributed by atoms with Crippen molar-refractivity contribution in [1.82, 2.24) is 14.8 Å². The summed E-state index contributed by atoms with van der Waals surface area (Å²) in [6.07, 6.45) is 0. The molecule has 3 heterocycles. The van der Waals surface area contributed by atoms with Gasteiger partial charge in [0.15, 0.2) is 0 Å². The van der Waals surface area contributed by atoms with Crippen molar-refractivity contribution in [2.75, 3.05) is 55.7 Å². The zero-order valence-electron chi connectivity index (χ0n) is 17.6. The molecule has 3 amide bonds. The Hall–Kier alpha value is -2.58. The van der Waals surface area contributed by atoms with E-state index in [2.05, 4.69) is 22.2 Å². The Morgan fingerprint density at radius 1 is 1.07 bits per heavy atom. The van der Waals surface area contributed by atoms with Crippen molar-refractivity contribution < 1.29 is 9.59 Å². The van der Waals surface area contributed by atoms with Crippen molar-refractivity contribution in [3.05, 3.63) is 47.2 Å². The number of carbonyl (C=O) groups is 2. The second-order valence-electron chi connectivity index (χ2n) is 7.84. The lowest BCUT2D eigenvalue weighted by Gasteiger charge is -2.32. The molecule has 2 aromatic rings. The van der Waals surface area contributed by atoms with E-state index in [1.807, 2.05) is 36.9 Å². The zero-order chi connectivity index (χ0) is 21.3. The summed E-state index contributed by atoms with van der Waals surface area (Å²) in [6.45, 7) is 7.79. The Morgan fingerprint density at radius 2 is 1.83 bits per heavy atom. The van der Waals surface area contributed by atoms with E-state index in [4.69, 9.17) is 0 Å². The van der Waals surface area contributed by atoms with Crippen LogP contribution >= 0.6 is 11.8 Å². The van der Waals surface area contributed by atoms with Gasteiger partial charge in [-0.3, -0.25) is 9.69 Å². The first kappa shape index (κ1) is 20.7. The molecule has 0 saturated carbocycles. The van der Waals surface area contributed by atoms with E-state index in [0.717, 1.165) is 53.9 Å². The van der Waals surface area contributed by atoms with Crippen LogP contribution < -0.4 is 10.2 Å². The van der Waals surface area contributed by atoms with Gasteiger partial charge in [-0.15, -0.1) is 11.8 Å². The summed E-state index contributed by atoms with van der Waals surface area (Å²) in [5.74, 6) is 0.813. The number of urea groups is 1. The van der Waals surface area contributed by atoms with Gasteiger partial charge in [-0.05, 0) is 50.7 Å². The number of fused-ring (bicyclic) bond motifs is 1. The maximum absolute atomic E-state index is 13.1. The largest absolute Gasteiger partial charge is 0.336 e. The number of rotatable bonds is 2. The van der Waals surface area contributed by atoms with Crippen molar-refractivity contribution in [3.63, 3.8) is 0 Å². The summed E-state index contributed by atoms with van der Waals surface area (Å²) < 4.78 is 0. The van der Waals surface area contributed by atoms with Crippen LogP contribution in [0.1, 0.15) is 21.6 Å². The highest BCUT2D eigenvalue weighted by Gasteiger charge is 2.27. The summed E-state index contributed by atoms with van der Waals surface area (Å²) in [4.78, 5) is 36.4. The first-order valence-electron chi connectivity index (χ1n) is 10.2. The minimum Gasteiger partial charge on any atom is -0.336 e. The van der Waals surface area contributed by atoms with Crippen LogP contribution in [-0.2, 0) is 0 Å². The van der Waals surface area contributed by atoms with Gasteiger partial charge in [-0.1, -0.05) is 6.07 Å². The van der Waals surface area contributed by atoms with E-state index in [9.17, 15) is 9.59 Å². The van der Waals surface area contributed by atoms with Crippen LogP contribution in [0.5, 0.6) is 0 Å². The number of anilines is 2. The van der Waals surface area contributed by atoms with Crippen LogP contribution in [0.15, 0.2) is 35.4 Å². The second kappa shape index (κ2) is 8.65. The van der Waals surface area contributed by atoms with Crippen LogP contribution in [0.2, 0.25) is 0 Å². The first-order chi connectivity index (χ1) is 14.4. The monoisotopic (exact) mass is 425 g/mol. The zero-order valence-corrected chi connectivity index (χ0v) is 18.5. The van der Waals surface area contributed by atoms with Crippen LogP contribution in [0.25, 0.3) is 0 Å². The summed E-state index contributed by atoms with van der Waals surface area (Å²) in [7, 11) is 2.06. The van der Waals surface area contributed by atoms with Gasteiger partial charge in [0.1, 0.15) is 5.03 Å². The fourth-order valence-electron chi connectivity index (χ4n) is 3.89. The average Bonchev–Trinajstić information content (AvgIpc) is 2.73. The number of pyridine rings is 1. The fraction of sp³-hybridized carbons (Fsp3) is 0.409. The van der Waals surface area contributed by atoms with Crippen LogP contribution in [0.4, 0.5) is 16.2 Å². The van der Waals surface area contributed by atoms with Crippen LogP contribution in [0, 0.1) is 13.8 Å². The Labute approximate surface area is 181 Å². The van der Waals surface area contributed by atoms with Gasteiger partial charge >= 0.3 is 6.03 Å². The molecule has 0 atom stereocenters. The highest BCUT2D eigenvalue weighted by atomic mass is 32.2. The van der Waals surface area contributed by atoms with Crippen molar-refractivity contribution >= 4 is 35.1 Å². The predicted molar refractivity (Wildman–Crippen MR) is 121 cm³/mol. The van der Waals surface area contributed by atoms with E-state index < -0.39 is 0 Å². The van der Waals surface area contributed by atoms with Crippen LogP contribution in [0.3, 0.4) is 0 Å². The third-order valence-corrected chi connectivity index (χ3v) is 6.44. The fourth-order valence-corrected chi connectivity index (χ4v) is 4.97. The number of aromatic nitrogens is 1. The predicted octanol–water partition coefficient (Wildman–Crippen LogP) is 3.23. The van der Waals surface area contributed by atoms with E-state index >= 15 is 0 Å². The van der Waals surface area contributed by atoms with Gasteiger partial charge in [0.2, 0.25) is 0 Å². The Kier molecular flexibility index (Phi) is 5.97. The number of aryl methyl sites for hydroxylation is 2. The molecule has 0 bridgehead atoms. The summed E-state index contributed by atoms with van der Waals surface area (Å²) in [6, 6.07) is 9.00. The molecular weight excluding hydrogens is 398 g/mol. The topological polar surface area (TPSA) is 68.8 Å². The quantitative estimate of drug-likeness (QED) is 0.800. The molecule has 0 radical (unpaired) electrons. The van der Waals surface area contributed by atoms with Crippen molar-refractivity contribution in [3.8, 4) is 0 Å². The number of carbonyl (C=O) groups excluding carboxylic acids is 2. The standard InChI is InChI=1S/C22H27N5O2S/c1-15-13-16(2)23-20-19(15)27(11-12-30-20)22(29)24-18-6-4-5-17(14-18)21(28)26-9-7-25(3)8-10-26/h4-6,13-14H,7-12H2,1-3H3,(H,24,29). The number of piperazine rings is 1. The maximum atomic E-state index is 13.1. The molecule has 1 aromatic heterocycles. The summed E-state index contributed by atoms with van der Waals surface area (Å²) >= 11 is 1.68. The smallest absolute Gasteiger partial charge is 0.326 e. The highest BCUT2D eigenvalue weighted by molar-refractivity contribution is 7.99. The molecular formula is C22H27N5O2S. The van der Waals surface area contributed by atoms with Crippen LogP contribution in [-0.4, -0.2) is 72.2 Å². The second-order valence-corrected chi connectivity index (χ2v) is 8.92. The molecule has 158 valence electrons. The van der Waals surface area contributed by atoms with E-state index in [0.29, 0.717) is 17.8 Å². The molecule has 30 heavy (non-hydrogen) atoms. The number of benzene rings is 1. The summed E-state index contributed by atoms with van der Waals surface area (Å²) in [5, 5.41) is 3.87. The Balaban J connectivity index is 1.50. The number of nitrogens with one attached hydrogen (secondary N) is 1. The molecule has 0 spiro atoms. The average molecular weight is 426 g/mol. The molecule has 0 unspecified atom stereocenters. The highest BCUT2D eigenvalue weighted by Crippen LogP contribution is 2.36. The number of hydrogen-bond acceptors (Lipinski definition) is 5. The lowest BCUT2D eigenvalue weighted by Crippen LogP contribution is -2.47. The number of hydrogen-bond donors (Lipinski definition) is 1. The van der Waals surface area contributed by atoms with E-state index in [1.54, 1.807) is 28.8 Å². The minimum atomic E-state index is -0.200. The third-order valence-electron chi connectivity index (χ3n) is 5.50. The molecule has 8 heteroatoms. The molecule has 1 N–H and O–H groups in total. The van der Waals surface area contributed by atoms with Crippen molar-refractivity contribution in [1.29, 1.82) is 0 Å². The number of likely N-dealkylation sites (N-methyl/N-ethyl adjacent to an activating group) is 1. The van der Waals surface area contributed by atoms with Gasteiger partial charge in [-0.25, -0.2) is 9.78 Å². The van der Waals surface area contributed by atoms with Gasteiger partial charge in [0.25, 0.3) is 5.91 Å². The lowest BCUT2D eigenvalue weighted by atomic mass is 10.1. The van der Waals surface area contributed by atoms with Gasteiger partial charge in [0, 0.05) is 55.4 Å². The molecule has 1 aromatic carbocycles. The number of thioether (sulfide) groups is 1. The summed E-state index contributed by atoms with van der Waals surface area (Å²) in [5.41, 5.74) is 4.09. The normalized spacial score (nSPS) is 16.9. The number of nitrogens with zero attached hydrogens (tertiary/aromatic N) is 4. The van der Waals surface area contributed by atoms with E-state index in [-0.39, 0.29) is 11.9 Å². The van der Waals surface area contributed by atoms with Gasteiger partial charge < -0.3 is 15.1 Å². The third kappa shape index (κ3) is 4.29. The molecule has 7 nitrogen and oxygen atoms in total. The minimum absolute atomic E-state index is 0.00874. The van der Waals surface area contributed by atoms with Gasteiger partial charge in [-0.2, -0.15) is 0 Å². The molecule has 4 rings (SSSR count). The van der Waals surface area contributed by atoms with E-state index in [1.165, 1.54) is 0 Å². The Bertz CT molecular complexity index is 972. The molecule has 2 aliphatic rings. The first-order valence-corrected chi connectivity index (χ1v) is 11.2.